The molecule has 2 aromatic carbocycles. The average Bonchev–Trinajstić information content (AvgIpc) is 2.83. The molecule has 0 spiro atoms. The van der Waals surface area contributed by atoms with Gasteiger partial charge >= 0.3 is 0 Å². The summed E-state index contributed by atoms with van der Waals surface area (Å²) in [6.07, 6.45) is 1.60. The first-order valence-electron chi connectivity index (χ1n) is 7.68. The van der Waals surface area contributed by atoms with E-state index in [0.29, 0.717) is 16.6 Å². The van der Waals surface area contributed by atoms with Gasteiger partial charge in [-0.15, -0.1) is 0 Å². The Morgan fingerprint density at radius 2 is 1.79 bits per heavy atom. The van der Waals surface area contributed by atoms with Crippen LogP contribution in [0.2, 0.25) is 5.02 Å². The molecule has 3 rings (SSSR count). The molecule has 2 amide bonds. The van der Waals surface area contributed by atoms with Gasteiger partial charge in [0.25, 0.3) is 11.8 Å². The van der Waals surface area contributed by atoms with Crippen molar-refractivity contribution < 1.29 is 9.59 Å². The normalized spacial score (nSPS) is 16.2. The van der Waals surface area contributed by atoms with Crippen molar-refractivity contribution in [3.8, 4) is 0 Å². The van der Waals surface area contributed by atoms with Gasteiger partial charge in [-0.25, -0.2) is 5.01 Å². The molecule has 0 aliphatic carbocycles. The molecule has 24 heavy (non-hydrogen) atoms. The van der Waals surface area contributed by atoms with Crippen LogP contribution >= 0.6 is 11.6 Å². The minimum absolute atomic E-state index is 0.104. The zero-order valence-corrected chi connectivity index (χ0v) is 14.2. The van der Waals surface area contributed by atoms with Crippen LogP contribution in [0.5, 0.6) is 0 Å². The molecular weight excluding hydrogens is 324 g/mol. The molecule has 0 saturated carbocycles. The summed E-state index contributed by atoms with van der Waals surface area (Å²) in [6, 6.07) is 14.6. The summed E-state index contributed by atoms with van der Waals surface area (Å²) in [5.74, 6) is -0.385. The minimum Gasteiger partial charge on any atom is -0.267 e. The highest BCUT2D eigenvalue weighted by Crippen LogP contribution is 2.24. The Hall–Kier alpha value is -2.59. The number of hydrazine groups is 1. The van der Waals surface area contributed by atoms with E-state index < -0.39 is 11.8 Å². The van der Waals surface area contributed by atoms with Crippen molar-refractivity contribution in [2.75, 3.05) is 5.01 Å². The fourth-order valence-electron chi connectivity index (χ4n) is 2.50. The number of benzene rings is 2. The first-order valence-corrected chi connectivity index (χ1v) is 8.06. The highest BCUT2D eigenvalue weighted by molar-refractivity contribution is 6.33. The Kier molecular flexibility index (Phi) is 4.40. The lowest BCUT2D eigenvalue weighted by Crippen LogP contribution is -2.35. The summed E-state index contributed by atoms with van der Waals surface area (Å²) in [4.78, 5) is 24.7. The number of carbonyl (C=O) groups excluding carboxylic acids is 2. The molecule has 0 atom stereocenters. The van der Waals surface area contributed by atoms with Gasteiger partial charge in [-0.3, -0.25) is 15.0 Å². The summed E-state index contributed by atoms with van der Waals surface area (Å²) in [5.41, 5.74) is 5.22. The van der Waals surface area contributed by atoms with E-state index in [1.807, 2.05) is 24.3 Å². The summed E-state index contributed by atoms with van der Waals surface area (Å²) in [6.45, 7) is 4.23. The van der Waals surface area contributed by atoms with Crippen molar-refractivity contribution in [1.82, 2.24) is 5.43 Å². The van der Waals surface area contributed by atoms with E-state index in [-0.39, 0.29) is 5.57 Å². The van der Waals surface area contributed by atoms with Gasteiger partial charge in [-0.05, 0) is 41.3 Å². The van der Waals surface area contributed by atoms with E-state index in [2.05, 4.69) is 19.3 Å². The number of carbonyl (C=O) groups is 2. The van der Waals surface area contributed by atoms with E-state index in [9.17, 15) is 9.59 Å². The van der Waals surface area contributed by atoms with E-state index in [4.69, 9.17) is 11.6 Å². The summed E-state index contributed by atoms with van der Waals surface area (Å²) in [5, 5.41) is 1.71. The topological polar surface area (TPSA) is 49.4 Å². The second-order valence-electron chi connectivity index (χ2n) is 5.94. The molecule has 122 valence electrons. The molecule has 1 saturated heterocycles. The maximum absolute atomic E-state index is 12.5. The number of amides is 2. The van der Waals surface area contributed by atoms with Gasteiger partial charge in [0.1, 0.15) is 5.57 Å². The van der Waals surface area contributed by atoms with Crippen molar-refractivity contribution in [2.45, 2.75) is 19.8 Å². The number of hydrogen-bond acceptors (Lipinski definition) is 2. The average molecular weight is 341 g/mol. The van der Waals surface area contributed by atoms with Crippen LogP contribution in [-0.4, -0.2) is 11.8 Å². The van der Waals surface area contributed by atoms with E-state index in [1.165, 1.54) is 10.6 Å². The van der Waals surface area contributed by atoms with Gasteiger partial charge < -0.3 is 0 Å². The van der Waals surface area contributed by atoms with Gasteiger partial charge in [-0.1, -0.05) is 55.8 Å². The second kappa shape index (κ2) is 6.49. The second-order valence-corrected chi connectivity index (χ2v) is 6.38. The molecular formula is C19H17ClN2O2. The van der Waals surface area contributed by atoms with Crippen LogP contribution in [0.3, 0.4) is 0 Å². The van der Waals surface area contributed by atoms with Crippen LogP contribution in [-0.2, 0) is 9.59 Å². The van der Waals surface area contributed by atoms with E-state index in [1.54, 1.807) is 30.3 Å². The number of nitrogens with one attached hydrogen (secondary N) is 1. The molecule has 5 heteroatoms. The van der Waals surface area contributed by atoms with Crippen molar-refractivity contribution in [1.29, 1.82) is 0 Å². The van der Waals surface area contributed by atoms with Crippen molar-refractivity contribution in [3.63, 3.8) is 0 Å². The highest BCUT2D eigenvalue weighted by Gasteiger charge is 2.34. The number of halogens is 1. The maximum Gasteiger partial charge on any atom is 0.282 e. The lowest BCUT2D eigenvalue weighted by Gasteiger charge is -2.14. The van der Waals surface area contributed by atoms with Gasteiger partial charge in [-0.2, -0.15) is 0 Å². The number of nitrogens with zero attached hydrogens (tertiary/aromatic N) is 1. The molecule has 4 nitrogen and oxygen atoms in total. The van der Waals surface area contributed by atoms with Gasteiger partial charge in [0.05, 0.1) is 5.69 Å². The zero-order chi connectivity index (χ0) is 17.3. The third-order valence-electron chi connectivity index (χ3n) is 3.87. The summed E-state index contributed by atoms with van der Waals surface area (Å²) in [7, 11) is 0. The number of anilines is 1. The Bertz CT molecular complexity index is 826. The Morgan fingerprint density at radius 3 is 2.42 bits per heavy atom. The van der Waals surface area contributed by atoms with Crippen LogP contribution < -0.4 is 10.4 Å². The molecule has 1 N–H and O–H groups in total. The molecule has 1 fully saturated rings. The molecule has 0 unspecified atom stereocenters. The first-order chi connectivity index (χ1) is 11.5. The fraction of sp³-hybridized carbons (Fsp3) is 0.158. The van der Waals surface area contributed by atoms with Crippen molar-refractivity contribution in [2.24, 2.45) is 0 Å². The molecule has 2 aromatic rings. The van der Waals surface area contributed by atoms with Crippen LogP contribution in [0.1, 0.15) is 30.9 Å². The van der Waals surface area contributed by atoms with Gasteiger partial charge in [0.15, 0.2) is 0 Å². The molecule has 0 bridgehead atoms. The lowest BCUT2D eigenvalue weighted by molar-refractivity contribution is -0.117. The molecule has 1 aliphatic rings. The van der Waals surface area contributed by atoms with Gasteiger partial charge in [0, 0.05) is 5.02 Å². The Labute approximate surface area is 145 Å². The fourth-order valence-corrected chi connectivity index (χ4v) is 2.68. The highest BCUT2D eigenvalue weighted by atomic mass is 35.5. The van der Waals surface area contributed by atoms with Crippen LogP contribution in [0, 0.1) is 0 Å². The smallest absolute Gasteiger partial charge is 0.267 e. The van der Waals surface area contributed by atoms with Crippen molar-refractivity contribution in [3.05, 3.63) is 70.3 Å². The lowest BCUT2D eigenvalue weighted by atomic mass is 10.0. The third-order valence-corrected chi connectivity index (χ3v) is 4.11. The quantitative estimate of drug-likeness (QED) is 0.680. The van der Waals surface area contributed by atoms with E-state index in [0.717, 1.165) is 5.56 Å². The van der Waals surface area contributed by atoms with Crippen molar-refractivity contribution >= 4 is 35.2 Å². The SMILES string of the molecule is CC(C)c1ccc(/C=C2\C(=O)NN(c3cccc(Cl)c3)C2=O)cc1. The zero-order valence-electron chi connectivity index (χ0n) is 13.4. The maximum atomic E-state index is 12.5. The number of hydrogen-bond donors (Lipinski definition) is 1. The molecule has 0 aromatic heterocycles. The minimum atomic E-state index is -0.423. The van der Waals surface area contributed by atoms with Gasteiger partial charge in [0.2, 0.25) is 0 Å². The molecule has 1 heterocycles. The first kappa shape index (κ1) is 16.3. The largest absolute Gasteiger partial charge is 0.282 e. The standard InChI is InChI=1S/C19H17ClN2O2/c1-12(2)14-8-6-13(7-9-14)10-17-18(23)21-22(19(17)24)16-5-3-4-15(20)11-16/h3-12H,1-2H3,(H,21,23)/b17-10+. The van der Waals surface area contributed by atoms with Crippen LogP contribution in [0.4, 0.5) is 5.69 Å². The Morgan fingerprint density at radius 1 is 1.08 bits per heavy atom. The Balaban J connectivity index is 1.88. The third kappa shape index (κ3) is 3.19. The molecule has 1 aliphatic heterocycles. The summed E-state index contributed by atoms with van der Waals surface area (Å²) < 4.78 is 0. The van der Waals surface area contributed by atoms with Crippen LogP contribution in [0.15, 0.2) is 54.1 Å². The monoisotopic (exact) mass is 340 g/mol. The molecule has 0 radical (unpaired) electrons. The predicted octanol–water partition coefficient (Wildman–Crippen LogP) is 3.92. The van der Waals surface area contributed by atoms with E-state index >= 15 is 0 Å². The van der Waals surface area contributed by atoms with Crippen LogP contribution in [0.25, 0.3) is 6.08 Å². The summed E-state index contributed by atoms with van der Waals surface area (Å²) >= 11 is 5.95. The predicted molar refractivity (Wildman–Crippen MR) is 95.6 cm³/mol. The number of rotatable bonds is 3.